The van der Waals surface area contributed by atoms with E-state index in [1.165, 1.54) is 17.8 Å². The van der Waals surface area contributed by atoms with Gasteiger partial charge in [0.1, 0.15) is 4.32 Å². The van der Waals surface area contributed by atoms with Gasteiger partial charge in [-0.3, -0.25) is 14.5 Å². The van der Waals surface area contributed by atoms with Crippen LogP contribution in [0.15, 0.2) is 35.1 Å². The maximum absolute atomic E-state index is 11.9. The molecule has 2 heterocycles. The predicted molar refractivity (Wildman–Crippen MR) is 87.6 cm³/mol. The molecule has 21 heavy (non-hydrogen) atoms. The highest BCUT2D eigenvalue weighted by atomic mass is 32.2. The van der Waals surface area contributed by atoms with Crippen molar-refractivity contribution in [1.29, 1.82) is 0 Å². The minimum absolute atomic E-state index is 0.00279. The summed E-state index contributed by atoms with van der Waals surface area (Å²) in [6, 6.07) is 8.74. The first-order valence-electron chi connectivity index (χ1n) is 6.23. The Bertz CT molecular complexity index is 765. The monoisotopic (exact) mass is 317 g/mol. The fourth-order valence-corrected chi connectivity index (χ4v) is 3.24. The predicted octanol–water partition coefficient (Wildman–Crippen LogP) is 2.11. The Morgan fingerprint density at radius 3 is 2.67 bits per heavy atom. The van der Waals surface area contributed by atoms with E-state index in [1.54, 1.807) is 11.0 Å². The average molecular weight is 317 g/mol. The zero-order valence-corrected chi connectivity index (χ0v) is 12.8. The van der Waals surface area contributed by atoms with Crippen molar-refractivity contribution in [1.82, 2.24) is 10.2 Å². The van der Waals surface area contributed by atoms with Gasteiger partial charge in [-0.25, -0.2) is 5.10 Å². The normalized spacial score (nSPS) is 14.8. The molecule has 7 heteroatoms. The number of aromatic nitrogens is 2. The fourth-order valence-electron chi connectivity index (χ4n) is 2.16. The first-order valence-corrected chi connectivity index (χ1v) is 7.62. The van der Waals surface area contributed by atoms with Crippen LogP contribution < -0.4 is 10.5 Å². The third kappa shape index (κ3) is 2.62. The molecule has 0 radical (unpaired) electrons. The molecule has 1 aliphatic rings. The maximum Gasteiger partial charge on any atom is 0.264 e. The Morgan fingerprint density at radius 2 is 2.10 bits per heavy atom. The van der Waals surface area contributed by atoms with Crippen molar-refractivity contribution in [3.63, 3.8) is 0 Å². The van der Waals surface area contributed by atoms with Gasteiger partial charge in [-0.2, -0.15) is 5.10 Å². The third-order valence-corrected chi connectivity index (χ3v) is 4.52. The van der Waals surface area contributed by atoms with E-state index in [2.05, 4.69) is 10.2 Å². The number of aromatic amines is 1. The van der Waals surface area contributed by atoms with Crippen molar-refractivity contribution in [3.8, 4) is 11.3 Å². The lowest BCUT2D eigenvalue weighted by atomic mass is 10.1. The summed E-state index contributed by atoms with van der Waals surface area (Å²) in [5.74, 6) is 0.393. The molecule has 3 rings (SSSR count). The molecule has 1 aromatic heterocycles. The van der Waals surface area contributed by atoms with E-state index in [-0.39, 0.29) is 11.5 Å². The summed E-state index contributed by atoms with van der Waals surface area (Å²) in [6.45, 7) is 1.92. The Hall–Kier alpha value is -1.99. The lowest BCUT2D eigenvalue weighted by Gasteiger charge is -2.18. The number of thiocarbonyl (C=S) groups is 1. The van der Waals surface area contributed by atoms with Gasteiger partial charge < -0.3 is 0 Å². The fraction of sp³-hybridized carbons (Fsp3) is 0.143. The summed E-state index contributed by atoms with van der Waals surface area (Å²) < 4.78 is 0.581. The van der Waals surface area contributed by atoms with Crippen LogP contribution in [-0.2, 0) is 4.79 Å². The van der Waals surface area contributed by atoms with Crippen LogP contribution in [0.4, 0.5) is 5.69 Å². The number of thioether (sulfide) groups is 1. The molecule has 2 aromatic rings. The van der Waals surface area contributed by atoms with Gasteiger partial charge in [0.2, 0.25) is 5.91 Å². The number of carbonyl (C=O) groups is 1. The van der Waals surface area contributed by atoms with Crippen molar-refractivity contribution in [2.45, 2.75) is 6.92 Å². The van der Waals surface area contributed by atoms with Crippen LogP contribution in [0.2, 0.25) is 0 Å². The number of hydrogen-bond donors (Lipinski definition) is 1. The van der Waals surface area contributed by atoms with Gasteiger partial charge in [-0.15, -0.1) is 0 Å². The number of nitrogens with zero attached hydrogens (tertiary/aromatic N) is 2. The van der Waals surface area contributed by atoms with Crippen LogP contribution in [0.5, 0.6) is 0 Å². The van der Waals surface area contributed by atoms with E-state index in [9.17, 15) is 9.59 Å². The van der Waals surface area contributed by atoms with Gasteiger partial charge in [-0.05, 0) is 30.7 Å². The molecule has 1 aromatic carbocycles. The van der Waals surface area contributed by atoms with Gasteiger partial charge in [-0.1, -0.05) is 30.0 Å². The number of nitrogens with one attached hydrogen (secondary N) is 1. The molecule has 0 aliphatic carbocycles. The van der Waals surface area contributed by atoms with Crippen molar-refractivity contribution in [3.05, 3.63) is 46.2 Å². The van der Waals surface area contributed by atoms with Crippen LogP contribution in [0.1, 0.15) is 5.56 Å². The van der Waals surface area contributed by atoms with Crippen molar-refractivity contribution in [2.75, 3.05) is 10.7 Å². The summed E-state index contributed by atoms with van der Waals surface area (Å²) in [5, 5.41) is 6.41. The molecule has 0 saturated carbocycles. The number of rotatable bonds is 2. The standard InChI is InChI=1S/C14H11N3O2S2/c1-8-6-9(10-3-5-12(18)16-15-10)2-4-11(8)17-13(19)7-21-14(17)20/h2-6H,7H2,1H3,(H,16,18). The topological polar surface area (TPSA) is 66.1 Å². The number of H-pyrrole nitrogens is 1. The molecule has 5 nitrogen and oxygen atoms in total. The molecule has 0 atom stereocenters. The molecule has 106 valence electrons. The third-order valence-electron chi connectivity index (χ3n) is 3.16. The lowest BCUT2D eigenvalue weighted by molar-refractivity contribution is -0.115. The highest BCUT2D eigenvalue weighted by molar-refractivity contribution is 8.24. The van der Waals surface area contributed by atoms with Crippen LogP contribution >= 0.6 is 24.0 Å². The first-order chi connectivity index (χ1) is 10.1. The largest absolute Gasteiger partial charge is 0.273 e. The van der Waals surface area contributed by atoms with Gasteiger partial charge in [0.15, 0.2) is 0 Å². The number of amides is 1. The van der Waals surface area contributed by atoms with Gasteiger partial charge >= 0.3 is 0 Å². The Kier molecular flexibility index (Phi) is 3.60. The van der Waals surface area contributed by atoms with Crippen molar-refractivity contribution in [2.24, 2.45) is 0 Å². The zero-order chi connectivity index (χ0) is 15.0. The molecule has 0 bridgehead atoms. The summed E-state index contributed by atoms with van der Waals surface area (Å²) in [5.41, 5.74) is 3.03. The second kappa shape index (κ2) is 5.42. The Labute approximate surface area is 130 Å². The Morgan fingerprint density at radius 1 is 1.29 bits per heavy atom. The highest BCUT2D eigenvalue weighted by Crippen LogP contribution is 2.31. The number of benzene rings is 1. The number of aryl methyl sites for hydroxylation is 1. The molecule has 1 N–H and O–H groups in total. The van der Waals surface area contributed by atoms with E-state index < -0.39 is 0 Å². The van der Waals surface area contributed by atoms with E-state index in [0.717, 1.165) is 16.8 Å². The van der Waals surface area contributed by atoms with Crippen LogP contribution in [-0.4, -0.2) is 26.2 Å². The molecule has 1 aliphatic heterocycles. The SMILES string of the molecule is Cc1cc(-c2ccc(=O)[nH]n2)ccc1N1C(=O)CSC1=S. The quantitative estimate of drug-likeness (QED) is 0.859. The van der Waals surface area contributed by atoms with Crippen LogP contribution in [0.3, 0.4) is 0 Å². The maximum atomic E-state index is 11.9. The molecule has 0 unspecified atom stereocenters. The minimum Gasteiger partial charge on any atom is -0.273 e. The molecular weight excluding hydrogens is 306 g/mol. The van der Waals surface area contributed by atoms with Crippen LogP contribution in [0, 0.1) is 6.92 Å². The average Bonchev–Trinajstić information content (AvgIpc) is 2.79. The van der Waals surface area contributed by atoms with Crippen molar-refractivity contribution < 1.29 is 4.79 Å². The van der Waals surface area contributed by atoms with Gasteiger partial charge in [0.25, 0.3) is 5.56 Å². The number of anilines is 1. The summed E-state index contributed by atoms with van der Waals surface area (Å²) >= 11 is 6.59. The van der Waals surface area contributed by atoms with Gasteiger partial charge in [0, 0.05) is 11.6 Å². The number of carbonyl (C=O) groups excluding carboxylic acids is 1. The first kappa shape index (κ1) is 14.0. The second-order valence-electron chi connectivity index (χ2n) is 4.59. The Balaban J connectivity index is 2.00. The lowest BCUT2D eigenvalue weighted by Crippen LogP contribution is -2.28. The molecule has 1 saturated heterocycles. The van der Waals surface area contributed by atoms with Gasteiger partial charge in [0.05, 0.1) is 17.1 Å². The summed E-state index contributed by atoms with van der Waals surface area (Å²) in [4.78, 5) is 24.5. The second-order valence-corrected chi connectivity index (χ2v) is 6.20. The molecule has 1 fully saturated rings. The van der Waals surface area contributed by atoms with E-state index in [0.29, 0.717) is 15.8 Å². The number of hydrogen-bond acceptors (Lipinski definition) is 5. The highest BCUT2D eigenvalue weighted by Gasteiger charge is 2.29. The van der Waals surface area contributed by atoms with E-state index in [4.69, 9.17) is 12.2 Å². The molecular formula is C14H11N3O2S2. The molecule has 0 spiro atoms. The van der Waals surface area contributed by atoms with E-state index in [1.807, 2.05) is 25.1 Å². The summed E-state index contributed by atoms with van der Waals surface area (Å²) in [7, 11) is 0. The smallest absolute Gasteiger partial charge is 0.264 e. The minimum atomic E-state index is -0.239. The zero-order valence-electron chi connectivity index (χ0n) is 11.1. The van der Waals surface area contributed by atoms with Crippen LogP contribution in [0.25, 0.3) is 11.3 Å². The molecule has 1 amide bonds. The summed E-state index contributed by atoms with van der Waals surface area (Å²) in [6.07, 6.45) is 0. The van der Waals surface area contributed by atoms with Crippen molar-refractivity contribution >= 4 is 39.9 Å². The van der Waals surface area contributed by atoms with E-state index >= 15 is 0 Å².